The molecular formula is C17H21ClF3NS. The molecule has 128 valence electrons. The summed E-state index contributed by atoms with van der Waals surface area (Å²) in [5.74, 6) is 0. The highest BCUT2D eigenvalue weighted by atomic mass is 35.5. The Morgan fingerprint density at radius 3 is 1.83 bits per heavy atom. The van der Waals surface area contributed by atoms with Gasteiger partial charge in [0, 0.05) is 9.79 Å². The van der Waals surface area contributed by atoms with Crippen LogP contribution in [-0.4, -0.2) is 13.6 Å². The second kappa shape index (κ2) is 11.4. The summed E-state index contributed by atoms with van der Waals surface area (Å²) in [6.45, 7) is 3.29. The van der Waals surface area contributed by atoms with Crippen molar-refractivity contribution in [1.29, 1.82) is 0 Å². The molecule has 0 aliphatic heterocycles. The first kappa shape index (κ1) is 21.8. The lowest BCUT2D eigenvalue weighted by molar-refractivity contribution is -0.137. The van der Waals surface area contributed by atoms with E-state index in [0.29, 0.717) is 0 Å². The van der Waals surface area contributed by atoms with Crippen LogP contribution in [0.25, 0.3) is 0 Å². The van der Waals surface area contributed by atoms with Crippen molar-refractivity contribution in [3.8, 4) is 0 Å². The van der Waals surface area contributed by atoms with Crippen molar-refractivity contribution in [2.24, 2.45) is 0 Å². The van der Waals surface area contributed by atoms with Gasteiger partial charge in [0.15, 0.2) is 0 Å². The van der Waals surface area contributed by atoms with Crippen LogP contribution in [0.2, 0.25) is 0 Å². The third-order valence-electron chi connectivity index (χ3n) is 2.66. The van der Waals surface area contributed by atoms with E-state index < -0.39 is 11.7 Å². The number of hydrogen-bond acceptors (Lipinski definition) is 2. The van der Waals surface area contributed by atoms with Crippen molar-refractivity contribution in [3.05, 3.63) is 60.2 Å². The number of halogens is 4. The first-order valence-corrected chi connectivity index (χ1v) is 7.83. The Hall–Kier alpha value is -1.17. The zero-order chi connectivity index (χ0) is 16.4. The van der Waals surface area contributed by atoms with Gasteiger partial charge < -0.3 is 5.32 Å². The summed E-state index contributed by atoms with van der Waals surface area (Å²) in [6, 6.07) is 14.7. The minimum absolute atomic E-state index is 0. The quantitative estimate of drug-likeness (QED) is 0.726. The molecule has 0 atom stereocenters. The molecule has 0 unspecified atom stereocenters. The molecule has 0 aliphatic carbocycles. The lowest BCUT2D eigenvalue weighted by Gasteiger charge is -2.07. The maximum Gasteiger partial charge on any atom is 0.416 e. The van der Waals surface area contributed by atoms with Crippen LogP contribution in [0, 0.1) is 0 Å². The summed E-state index contributed by atoms with van der Waals surface area (Å²) in [7, 11) is 1.96. The zero-order valence-corrected chi connectivity index (χ0v) is 14.7. The average Bonchev–Trinajstić information content (AvgIpc) is 2.49. The molecule has 0 fully saturated rings. The second-order valence-electron chi connectivity index (χ2n) is 4.54. The van der Waals surface area contributed by atoms with Gasteiger partial charge in [-0.15, -0.1) is 12.4 Å². The average molecular weight is 364 g/mol. The normalized spacial score (nSPS) is 10.3. The molecule has 1 N–H and O–H groups in total. The van der Waals surface area contributed by atoms with E-state index in [-0.39, 0.29) is 12.4 Å². The van der Waals surface area contributed by atoms with E-state index in [9.17, 15) is 13.2 Å². The Kier molecular flexibility index (Phi) is 10.8. The highest BCUT2D eigenvalue weighted by Crippen LogP contribution is 2.32. The maximum absolute atomic E-state index is 12.3. The number of benzene rings is 2. The number of nitrogens with one attached hydrogen (secondary N) is 1. The van der Waals surface area contributed by atoms with Crippen LogP contribution < -0.4 is 5.32 Å². The minimum atomic E-state index is -4.27. The van der Waals surface area contributed by atoms with E-state index in [1.54, 1.807) is 0 Å². The van der Waals surface area contributed by atoms with Crippen molar-refractivity contribution >= 4 is 24.2 Å². The standard InChI is InChI=1S/C13H9F3S.C4H11N.ClH/c14-13(15,16)10-6-8-12(9-7-10)17-11-4-2-1-3-5-11;1-3-4-5-2;/h1-9H;5H,3-4H2,1-2H3;1H. The van der Waals surface area contributed by atoms with Crippen molar-refractivity contribution in [2.45, 2.75) is 29.3 Å². The van der Waals surface area contributed by atoms with Gasteiger partial charge in [0.2, 0.25) is 0 Å². The fourth-order valence-electron chi connectivity index (χ4n) is 1.59. The first-order valence-electron chi connectivity index (χ1n) is 7.02. The molecule has 6 heteroatoms. The van der Waals surface area contributed by atoms with E-state index in [0.717, 1.165) is 28.5 Å². The molecule has 2 rings (SSSR count). The van der Waals surface area contributed by atoms with Gasteiger partial charge in [-0.3, -0.25) is 0 Å². The molecule has 2 aromatic rings. The van der Waals surface area contributed by atoms with E-state index in [1.165, 1.54) is 30.3 Å². The molecule has 0 saturated carbocycles. The van der Waals surface area contributed by atoms with Crippen LogP contribution >= 0.6 is 24.2 Å². The van der Waals surface area contributed by atoms with Gasteiger partial charge in [0.1, 0.15) is 0 Å². The maximum atomic E-state index is 12.3. The van der Waals surface area contributed by atoms with Crippen molar-refractivity contribution in [3.63, 3.8) is 0 Å². The summed E-state index contributed by atoms with van der Waals surface area (Å²) in [5.41, 5.74) is -0.616. The molecule has 0 saturated heterocycles. The minimum Gasteiger partial charge on any atom is -0.320 e. The van der Waals surface area contributed by atoms with Crippen LogP contribution in [-0.2, 0) is 6.18 Å². The number of rotatable bonds is 4. The molecule has 0 heterocycles. The van der Waals surface area contributed by atoms with Crippen LogP contribution in [0.1, 0.15) is 18.9 Å². The largest absolute Gasteiger partial charge is 0.416 e. The van der Waals surface area contributed by atoms with Gasteiger partial charge in [-0.05, 0) is 56.4 Å². The van der Waals surface area contributed by atoms with E-state index in [1.807, 2.05) is 37.4 Å². The smallest absolute Gasteiger partial charge is 0.320 e. The summed E-state index contributed by atoms with van der Waals surface area (Å²) in [4.78, 5) is 1.80. The Morgan fingerprint density at radius 1 is 0.913 bits per heavy atom. The van der Waals surface area contributed by atoms with Gasteiger partial charge in [0.25, 0.3) is 0 Å². The van der Waals surface area contributed by atoms with E-state index in [2.05, 4.69) is 12.2 Å². The Bertz CT molecular complexity index is 528. The first-order chi connectivity index (χ1) is 10.5. The van der Waals surface area contributed by atoms with Crippen LogP contribution in [0.4, 0.5) is 13.2 Å². The van der Waals surface area contributed by atoms with Crippen LogP contribution in [0.15, 0.2) is 64.4 Å². The van der Waals surface area contributed by atoms with Crippen LogP contribution in [0.5, 0.6) is 0 Å². The SMILES string of the molecule is CCCNC.Cl.FC(F)(F)c1ccc(Sc2ccccc2)cc1. The zero-order valence-electron chi connectivity index (χ0n) is 13.1. The van der Waals surface area contributed by atoms with Crippen LogP contribution in [0.3, 0.4) is 0 Å². The van der Waals surface area contributed by atoms with Gasteiger partial charge in [-0.25, -0.2) is 0 Å². The predicted octanol–water partition coefficient (Wildman–Crippen LogP) is 5.89. The van der Waals surface area contributed by atoms with E-state index >= 15 is 0 Å². The molecule has 1 nitrogen and oxygen atoms in total. The molecule has 2 aromatic carbocycles. The lowest BCUT2D eigenvalue weighted by atomic mass is 10.2. The third-order valence-corrected chi connectivity index (χ3v) is 3.68. The fraction of sp³-hybridized carbons (Fsp3) is 0.294. The monoisotopic (exact) mass is 363 g/mol. The summed E-state index contributed by atoms with van der Waals surface area (Å²) in [6.07, 6.45) is -3.04. The molecule has 23 heavy (non-hydrogen) atoms. The summed E-state index contributed by atoms with van der Waals surface area (Å²) >= 11 is 1.44. The van der Waals surface area contributed by atoms with Gasteiger partial charge in [-0.2, -0.15) is 13.2 Å². The molecule has 0 spiro atoms. The Morgan fingerprint density at radius 2 is 1.43 bits per heavy atom. The van der Waals surface area contributed by atoms with Crippen molar-refractivity contribution < 1.29 is 13.2 Å². The van der Waals surface area contributed by atoms with Gasteiger partial charge in [-0.1, -0.05) is 36.9 Å². The lowest BCUT2D eigenvalue weighted by Crippen LogP contribution is -2.04. The molecule has 0 aliphatic rings. The van der Waals surface area contributed by atoms with Gasteiger partial charge >= 0.3 is 6.18 Å². The Balaban J connectivity index is 0.000000709. The van der Waals surface area contributed by atoms with Crippen molar-refractivity contribution in [1.82, 2.24) is 5.32 Å². The number of alkyl halides is 3. The second-order valence-corrected chi connectivity index (χ2v) is 5.69. The summed E-state index contributed by atoms with van der Waals surface area (Å²) < 4.78 is 37.0. The Labute approximate surface area is 146 Å². The topological polar surface area (TPSA) is 12.0 Å². The van der Waals surface area contributed by atoms with E-state index in [4.69, 9.17) is 0 Å². The highest BCUT2D eigenvalue weighted by molar-refractivity contribution is 7.99. The molecule has 0 bridgehead atoms. The predicted molar refractivity (Wildman–Crippen MR) is 93.5 cm³/mol. The van der Waals surface area contributed by atoms with Crippen molar-refractivity contribution in [2.75, 3.05) is 13.6 Å². The summed E-state index contributed by atoms with van der Waals surface area (Å²) in [5, 5.41) is 3.02. The third kappa shape index (κ3) is 8.89. The van der Waals surface area contributed by atoms with Gasteiger partial charge in [0.05, 0.1) is 5.56 Å². The number of hydrogen-bond donors (Lipinski definition) is 1. The molecular weight excluding hydrogens is 343 g/mol. The molecule has 0 amide bonds. The fourth-order valence-corrected chi connectivity index (χ4v) is 2.42. The molecule has 0 radical (unpaired) electrons. The molecule has 0 aromatic heterocycles. The highest BCUT2D eigenvalue weighted by Gasteiger charge is 2.29.